The van der Waals surface area contributed by atoms with Crippen LogP contribution in [0.2, 0.25) is 0 Å². The van der Waals surface area contributed by atoms with Crippen LogP contribution in [0.15, 0.2) is 59.5 Å². The number of aromatic nitrogens is 1. The second-order valence-corrected chi connectivity index (χ2v) is 5.50. The van der Waals surface area contributed by atoms with Crippen molar-refractivity contribution in [3.63, 3.8) is 0 Å². The Morgan fingerprint density at radius 2 is 1.70 bits per heavy atom. The smallest absolute Gasteiger partial charge is 0.211 e. The molecule has 0 bridgehead atoms. The van der Waals surface area contributed by atoms with E-state index in [1.165, 1.54) is 0 Å². The van der Waals surface area contributed by atoms with Crippen molar-refractivity contribution in [2.24, 2.45) is 7.05 Å². The standard InChI is InChI=1S/C17H13ClN2O2.HI/c1-20-8-4-5-11(10-20)9-19-15-14(18)16(21)12-6-2-3-7-13(12)17(15)22;/h2-8,10H,9H2,1H3;1H. The number of carbonyl (C=O) groups excluding carboxylic acids is 2. The van der Waals surface area contributed by atoms with Gasteiger partial charge in [-0.05, 0) is 6.07 Å². The number of pyridine rings is 1. The van der Waals surface area contributed by atoms with E-state index in [0.29, 0.717) is 17.7 Å². The maximum atomic E-state index is 12.5. The van der Waals surface area contributed by atoms with Gasteiger partial charge in [0.25, 0.3) is 0 Å². The number of ketones is 2. The van der Waals surface area contributed by atoms with Crippen LogP contribution in [0, 0.1) is 0 Å². The minimum atomic E-state index is -0.321. The van der Waals surface area contributed by atoms with Crippen molar-refractivity contribution in [3.05, 3.63) is 76.2 Å². The lowest BCUT2D eigenvalue weighted by Crippen LogP contribution is -3.00. The summed E-state index contributed by atoms with van der Waals surface area (Å²) >= 11 is 6.09. The van der Waals surface area contributed by atoms with Crippen LogP contribution in [0.5, 0.6) is 0 Å². The molecule has 1 N–H and O–H groups in total. The average Bonchev–Trinajstić information content (AvgIpc) is 2.53. The van der Waals surface area contributed by atoms with Crippen LogP contribution >= 0.6 is 11.6 Å². The van der Waals surface area contributed by atoms with Crippen LogP contribution in [0.4, 0.5) is 0 Å². The van der Waals surface area contributed by atoms with E-state index in [9.17, 15) is 9.59 Å². The number of fused-ring (bicyclic) bond motifs is 1. The first-order valence-corrected chi connectivity index (χ1v) is 7.22. The molecule has 0 amide bonds. The number of benzene rings is 1. The minimum Gasteiger partial charge on any atom is -1.00 e. The highest BCUT2D eigenvalue weighted by molar-refractivity contribution is 6.49. The molecular formula is C17H14ClIN2O2. The van der Waals surface area contributed by atoms with Gasteiger partial charge in [-0.25, -0.2) is 4.57 Å². The van der Waals surface area contributed by atoms with Crippen LogP contribution < -0.4 is 33.9 Å². The third-order valence-corrected chi connectivity index (χ3v) is 3.89. The fourth-order valence-corrected chi connectivity index (χ4v) is 2.70. The lowest BCUT2D eigenvalue weighted by Gasteiger charge is -2.18. The number of nitrogens with one attached hydrogen (secondary N) is 1. The summed E-state index contributed by atoms with van der Waals surface area (Å²) in [4.78, 5) is 24.8. The molecule has 0 saturated carbocycles. The number of aryl methyl sites for hydroxylation is 1. The first-order chi connectivity index (χ1) is 10.6. The number of hydrogen-bond donors (Lipinski definition) is 1. The van der Waals surface area contributed by atoms with Gasteiger partial charge in [-0.15, -0.1) is 0 Å². The van der Waals surface area contributed by atoms with E-state index in [0.717, 1.165) is 5.56 Å². The minimum absolute atomic E-state index is 0. The third-order valence-electron chi connectivity index (χ3n) is 3.53. The predicted molar refractivity (Wildman–Crippen MR) is 82.4 cm³/mol. The summed E-state index contributed by atoms with van der Waals surface area (Å²) < 4.78 is 1.91. The summed E-state index contributed by atoms with van der Waals surface area (Å²) in [5.41, 5.74) is 1.89. The summed E-state index contributed by atoms with van der Waals surface area (Å²) in [6.07, 6.45) is 3.85. The highest BCUT2D eigenvalue weighted by Gasteiger charge is 2.30. The molecule has 1 heterocycles. The molecule has 1 aromatic carbocycles. The molecular weight excluding hydrogens is 427 g/mol. The van der Waals surface area contributed by atoms with Crippen LogP contribution in [0.1, 0.15) is 26.3 Å². The van der Waals surface area contributed by atoms with Gasteiger partial charge in [-0.3, -0.25) is 9.59 Å². The summed E-state index contributed by atoms with van der Waals surface area (Å²) in [6.45, 7) is 0.418. The van der Waals surface area contributed by atoms with Gasteiger partial charge in [0.15, 0.2) is 12.4 Å². The van der Waals surface area contributed by atoms with Crippen molar-refractivity contribution in [2.75, 3.05) is 0 Å². The largest absolute Gasteiger partial charge is 1.00 e. The monoisotopic (exact) mass is 440 g/mol. The maximum Gasteiger partial charge on any atom is 0.211 e. The van der Waals surface area contributed by atoms with Gasteiger partial charge in [0.2, 0.25) is 11.6 Å². The highest BCUT2D eigenvalue weighted by atomic mass is 127. The maximum absolute atomic E-state index is 12.5. The molecule has 118 valence electrons. The van der Waals surface area contributed by atoms with E-state index < -0.39 is 0 Å². The van der Waals surface area contributed by atoms with Crippen molar-refractivity contribution in [3.8, 4) is 0 Å². The van der Waals surface area contributed by atoms with Crippen molar-refractivity contribution in [1.29, 1.82) is 0 Å². The molecule has 3 rings (SSSR count). The Hall–Kier alpha value is -1.73. The molecule has 23 heavy (non-hydrogen) atoms. The molecule has 4 nitrogen and oxygen atoms in total. The van der Waals surface area contributed by atoms with Gasteiger partial charge in [-0.1, -0.05) is 35.9 Å². The van der Waals surface area contributed by atoms with E-state index in [-0.39, 0.29) is 46.3 Å². The summed E-state index contributed by atoms with van der Waals surface area (Å²) in [6, 6.07) is 10.6. The van der Waals surface area contributed by atoms with Crippen molar-refractivity contribution < 1.29 is 38.1 Å². The van der Waals surface area contributed by atoms with Gasteiger partial charge >= 0.3 is 0 Å². The molecule has 0 unspecified atom stereocenters. The zero-order valence-electron chi connectivity index (χ0n) is 12.3. The Morgan fingerprint density at radius 1 is 1.04 bits per heavy atom. The quantitative estimate of drug-likeness (QED) is 0.499. The van der Waals surface area contributed by atoms with E-state index in [1.807, 2.05) is 36.1 Å². The number of allylic oxidation sites excluding steroid dienone is 2. The van der Waals surface area contributed by atoms with Crippen molar-refractivity contribution >= 4 is 23.2 Å². The molecule has 1 aliphatic carbocycles. The van der Waals surface area contributed by atoms with E-state index in [2.05, 4.69) is 5.32 Å². The second kappa shape index (κ2) is 7.23. The molecule has 1 aliphatic rings. The SMILES string of the molecule is C[n+]1cccc(CNC2=C(Cl)C(=O)c3ccccc3C2=O)c1.[I-]. The zero-order chi connectivity index (χ0) is 15.7. The number of Topliss-reactive ketones (excluding diaryl/α,β-unsaturated/α-hetero) is 2. The summed E-state index contributed by atoms with van der Waals surface area (Å²) in [5.74, 6) is -0.571. The van der Waals surface area contributed by atoms with Gasteiger partial charge < -0.3 is 29.3 Å². The number of hydrogen-bond acceptors (Lipinski definition) is 3. The lowest BCUT2D eigenvalue weighted by molar-refractivity contribution is -0.671. The number of rotatable bonds is 3. The lowest BCUT2D eigenvalue weighted by atomic mass is 9.92. The van der Waals surface area contributed by atoms with Gasteiger partial charge in [0.05, 0.1) is 0 Å². The van der Waals surface area contributed by atoms with Crippen LogP contribution in [0.3, 0.4) is 0 Å². The number of nitrogens with zero attached hydrogens (tertiary/aromatic N) is 1. The molecule has 1 aromatic heterocycles. The Balaban J connectivity index is 0.00000192. The first-order valence-electron chi connectivity index (χ1n) is 6.84. The first kappa shape index (κ1) is 17.6. The van der Waals surface area contributed by atoms with Gasteiger partial charge in [0.1, 0.15) is 17.8 Å². The number of halogens is 2. The van der Waals surface area contributed by atoms with Gasteiger partial charge in [-0.2, -0.15) is 0 Å². The summed E-state index contributed by atoms with van der Waals surface area (Å²) in [7, 11) is 1.92. The fourth-order valence-electron chi connectivity index (χ4n) is 2.45. The molecule has 6 heteroatoms. The van der Waals surface area contributed by atoms with E-state index in [1.54, 1.807) is 24.3 Å². The average molecular weight is 441 g/mol. The van der Waals surface area contributed by atoms with Crippen LogP contribution in [0.25, 0.3) is 0 Å². The fraction of sp³-hybridized carbons (Fsp3) is 0.118. The molecule has 2 aromatic rings. The predicted octanol–water partition coefficient (Wildman–Crippen LogP) is -0.866. The second-order valence-electron chi connectivity index (χ2n) is 5.12. The Bertz CT molecular complexity index is 818. The Morgan fingerprint density at radius 3 is 2.35 bits per heavy atom. The molecule has 0 radical (unpaired) electrons. The summed E-state index contributed by atoms with van der Waals surface area (Å²) in [5, 5.41) is 2.95. The molecule has 0 aliphatic heterocycles. The van der Waals surface area contributed by atoms with E-state index in [4.69, 9.17) is 11.6 Å². The Kier molecular flexibility index (Phi) is 5.54. The molecule has 0 fully saturated rings. The van der Waals surface area contributed by atoms with Crippen molar-refractivity contribution in [2.45, 2.75) is 6.54 Å². The van der Waals surface area contributed by atoms with Crippen molar-refractivity contribution in [1.82, 2.24) is 5.32 Å². The molecule has 0 atom stereocenters. The van der Waals surface area contributed by atoms with Crippen LogP contribution in [-0.2, 0) is 13.6 Å². The number of carbonyl (C=O) groups is 2. The molecule has 0 spiro atoms. The zero-order valence-corrected chi connectivity index (χ0v) is 15.3. The molecule has 0 saturated heterocycles. The highest BCUT2D eigenvalue weighted by Crippen LogP contribution is 2.27. The normalized spacial score (nSPS) is 13.5. The topological polar surface area (TPSA) is 50.1 Å². The van der Waals surface area contributed by atoms with Crippen LogP contribution in [-0.4, -0.2) is 11.6 Å². The Labute approximate surface area is 156 Å². The van der Waals surface area contributed by atoms with Gasteiger partial charge in [0, 0.05) is 29.3 Å². The van der Waals surface area contributed by atoms with E-state index >= 15 is 0 Å². The third kappa shape index (κ3) is 3.45.